The molecule has 0 bridgehead atoms. The molecule has 4 aromatic rings. The van der Waals surface area contributed by atoms with Crippen LogP contribution in [0.3, 0.4) is 0 Å². The molecule has 9 rings (SSSR count). The Kier molecular flexibility index (Phi) is 9.03. The number of aryl methyl sites for hydroxylation is 1. The third-order valence-electron chi connectivity index (χ3n) is 11.8. The average molecular weight is 745 g/mol. The van der Waals surface area contributed by atoms with Crippen LogP contribution >= 0.6 is 0 Å². The van der Waals surface area contributed by atoms with Gasteiger partial charge in [0.2, 0.25) is 12.5 Å². The molecular formula is C44H44N2O9. The van der Waals surface area contributed by atoms with Crippen molar-refractivity contribution in [3.63, 3.8) is 0 Å². The molecule has 1 unspecified atom stereocenters. The average Bonchev–Trinajstić information content (AvgIpc) is 3.48. The normalized spacial score (nSPS) is 25.5. The van der Waals surface area contributed by atoms with Crippen molar-refractivity contribution in [3.8, 4) is 22.6 Å². The Hall–Kier alpha value is -5.36. The van der Waals surface area contributed by atoms with Gasteiger partial charge in [-0.15, -0.1) is 0 Å². The predicted octanol–water partition coefficient (Wildman–Crippen LogP) is 6.00. The fourth-order valence-electron chi connectivity index (χ4n) is 9.10. The van der Waals surface area contributed by atoms with Gasteiger partial charge in [0, 0.05) is 54.1 Å². The first kappa shape index (κ1) is 35.3. The number of benzene rings is 4. The van der Waals surface area contributed by atoms with Gasteiger partial charge in [-0.1, -0.05) is 60.7 Å². The molecule has 3 heterocycles. The molecule has 0 spiro atoms. The summed E-state index contributed by atoms with van der Waals surface area (Å²) in [5, 5.41) is 34.8. The van der Waals surface area contributed by atoms with Crippen LogP contribution in [0, 0.1) is 6.92 Å². The number of nitrogens with one attached hydrogen (secondary N) is 1. The second-order valence-electron chi connectivity index (χ2n) is 15.3. The number of aliphatic hydroxyl groups is 2. The van der Waals surface area contributed by atoms with E-state index < -0.39 is 48.9 Å². The predicted molar refractivity (Wildman–Crippen MR) is 202 cm³/mol. The molecule has 1 amide bonds. The third-order valence-corrected chi connectivity index (χ3v) is 11.8. The van der Waals surface area contributed by atoms with Crippen LogP contribution in [-0.2, 0) is 31.8 Å². The van der Waals surface area contributed by atoms with Crippen molar-refractivity contribution in [1.82, 2.24) is 10.2 Å². The minimum Gasteiger partial charge on any atom is -0.507 e. The minimum atomic E-state index is -0.989. The largest absolute Gasteiger partial charge is 0.507 e. The van der Waals surface area contributed by atoms with Gasteiger partial charge in [0.15, 0.2) is 0 Å². The first-order valence-electron chi connectivity index (χ1n) is 19.1. The van der Waals surface area contributed by atoms with Crippen molar-refractivity contribution in [1.29, 1.82) is 0 Å². The fourth-order valence-corrected chi connectivity index (χ4v) is 9.10. The summed E-state index contributed by atoms with van der Waals surface area (Å²) in [4.78, 5) is 29.4. The Morgan fingerprint density at radius 3 is 2.45 bits per heavy atom. The maximum atomic E-state index is 14.0. The summed E-state index contributed by atoms with van der Waals surface area (Å²) < 4.78 is 24.3. The van der Waals surface area contributed by atoms with Crippen molar-refractivity contribution in [3.05, 3.63) is 124 Å². The van der Waals surface area contributed by atoms with Crippen molar-refractivity contribution >= 4 is 17.6 Å². The molecule has 0 radical (unpaired) electrons. The minimum absolute atomic E-state index is 0.113. The third kappa shape index (κ3) is 6.30. The SMILES string of the molecule is Cc1cc(O)c2c(c1)C1OC(=O)[C@@H](NC(=O)OCC3c4ccccc4-c4ccccc43)CCCN1C1=C2Cc2cccc(O[C@H]3C[C@@H](O)[C@@H](O)[C@H](C)O3)c2C1. The van der Waals surface area contributed by atoms with E-state index in [0.29, 0.717) is 49.1 Å². The van der Waals surface area contributed by atoms with E-state index in [4.69, 9.17) is 18.9 Å². The van der Waals surface area contributed by atoms with E-state index >= 15 is 0 Å². The van der Waals surface area contributed by atoms with Crippen molar-refractivity contribution in [2.45, 2.75) is 88.7 Å². The van der Waals surface area contributed by atoms with Gasteiger partial charge >= 0.3 is 12.1 Å². The first-order chi connectivity index (χ1) is 26.6. The van der Waals surface area contributed by atoms with E-state index in [9.17, 15) is 24.9 Å². The molecule has 4 aromatic carbocycles. The highest BCUT2D eigenvalue weighted by atomic mass is 16.7. The standard InChI is InChI=1S/C44H44N2O9/c1-23-17-32-40(36(47)18-23)31-19-25-9-7-15-38(54-39-21-37(48)41(49)24(2)53-39)30(25)20-35(31)46-16-8-14-34(43(50)55-42(32)46)45-44(51)52-22-33-28-12-5-3-10-26(28)27-11-4-6-13-29(27)33/h3-7,9-13,15,17-18,24,33-34,37,39,41-42,47-49H,8,14,16,19-22H2,1-2H3,(H,45,51)/t24-,34-,37+,39-,41-,42?/m0/s1. The molecule has 5 aliphatic rings. The Bertz CT molecular complexity index is 2160. The van der Waals surface area contributed by atoms with Crippen LogP contribution in [0.15, 0.2) is 84.6 Å². The maximum absolute atomic E-state index is 14.0. The number of nitrogens with zero attached hydrogens (tertiary/aromatic N) is 1. The molecule has 284 valence electrons. The van der Waals surface area contributed by atoms with Crippen LogP contribution in [-0.4, -0.2) is 76.1 Å². The zero-order chi connectivity index (χ0) is 38.0. The highest BCUT2D eigenvalue weighted by Crippen LogP contribution is 2.50. The van der Waals surface area contributed by atoms with Crippen LogP contribution in [0.4, 0.5) is 4.79 Å². The van der Waals surface area contributed by atoms with E-state index in [1.807, 2.05) is 55.5 Å². The quantitative estimate of drug-likeness (QED) is 0.179. The number of phenolic OH excluding ortho intramolecular Hbond substituents is 1. The highest BCUT2D eigenvalue weighted by molar-refractivity contribution is 5.85. The number of rotatable bonds is 5. The van der Waals surface area contributed by atoms with Crippen LogP contribution in [0.25, 0.3) is 16.7 Å². The number of amides is 1. The van der Waals surface area contributed by atoms with Crippen LogP contribution in [0.1, 0.15) is 77.3 Å². The van der Waals surface area contributed by atoms with E-state index in [2.05, 4.69) is 34.5 Å². The lowest BCUT2D eigenvalue weighted by molar-refractivity contribution is -0.216. The number of aromatic hydroxyl groups is 1. The summed E-state index contributed by atoms with van der Waals surface area (Å²) >= 11 is 0. The van der Waals surface area contributed by atoms with E-state index in [1.54, 1.807) is 13.0 Å². The van der Waals surface area contributed by atoms with E-state index in [-0.39, 0.29) is 24.7 Å². The zero-order valence-corrected chi connectivity index (χ0v) is 30.7. The molecule has 11 heteroatoms. The number of hydrogen-bond acceptors (Lipinski definition) is 10. The number of hydrogen-bond donors (Lipinski definition) is 4. The Balaban J connectivity index is 0.946. The lowest BCUT2D eigenvalue weighted by atomic mass is 9.79. The molecule has 0 saturated carbocycles. The number of esters is 1. The van der Waals surface area contributed by atoms with Crippen molar-refractivity contribution in [2.24, 2.45) is 0 Å². The van der Waals surface area contributed by atoms with Gasteiger partial charge in [0.25, 0.3) is 0 Å². The second-order valence-corrected chi connectivity index (χ2v) is 15.3. The summed E-state index contributed by atoms with van der Waals surface area (Å²) in [6.07, 6.45) is -2.83. The number of fused-ring (bicyclic) bond motifs is 9. The van der Waals surface area contributed by atoms with Crippen molar-refractivity contribution in [2.75, 3.05) is 13.2 Å². The van der Waals surface area contributed by atoms with Crippen LogP contribution in [0.5, 0.6) is 11.5 Å². The number of allylic oxidation sites excluding steroid dienone is 2. The molecule has 2 fully saturated rings. The van der Waals surface area contributed by atoms with Gasteiger partial charge in [-0.25, -0.2) is 9.59 Å². The number of carbonyl (C=O) groups excluding carboxylic acids is 2. The Morgan fingerprint density at radius 1 is 0.964 bits per heavy atom. The summed E-state index contributed by atoms with van der Waals surface area (Å²) in [5.74, 6) is 0.0277. The molecule has 4 N–H and O–H groups in total. The topological polar surface area (TPSA) is 147 Å². The van der Waals surface area contributed by atoms with Gasteiger partial charge in [0.1, 0.15) is 30.3 Å². The zero-order valence-electron chi connectivity index (χ0n) is 30.7. The van der Waals surface area contributed by atoms with E-state index in [1.165, 1.54) is 0 Å². The Morgan fingerprint density at radius 2 is 1.71 bits per heavy atom. The molecule has 11 nitrogen and oxygen atoms in total. The lowest BCUT2D eigenvalue weighted by Crippen LogP contribution is -2.48. The molecule has 2 saturated heterocycles. The number of carbonyl (C=O) groups is 2. The van der Waals surface area contributed by atoms with Crippen molar-refractivity contribution < 1.29 is 43.9 Å². The van der Waals surface area contributed by atoms with Crippen LogP contribution in [0.2, 0.25) is 0 Å². The van der Waals surface area contributed by atoms with Gasteiger partial charge < -0.3 is 44.5 Å². The number of ether oxygens (including phenoxy) is 4. The molecule has 0 aromatic heterocycles. The highest BCUT2D eigenvalue weighted by Gasteiger charge is 2.43. The number of phenols is 1. The van der Waals surface area contributed by atoms with Gasteiger partial charge in [-0.05, 0) is 83.8 Å². The smallest absolute Gasteiger partial charge is 0.407 e. The number of alkyl carbamates (subject to hydrolysis) is 1. The first-order valence-corrected chi connectivity index (χ1v) is 19.1. The van der Waals surface area contributed by atoms with Gasteiger partial charge in [-0.3, -0.25) is 0 Å². The number of aliphatic hydroxyl groups excluding tert-OH is 2. The maximum Gasteiger partial charge on any atom is 0.407 e. The lowest BCUT2D eigenvalue weighted by Gasteiger charge is -2.45. The molecule has 55 heavy (non-hydrogen) atoms. The summed E-state index contributed by atoms with van der Waals surface area (Å²) in [7, 11) is 0. The molecule has 3 aliphatic heterocycles. The van der Waals surface area contributed by atoms with Gasteiger partial charge in [0.05, 0.1) is 12.2 Å². The van der Waals surface area contributed by atoms with E-state index in [0.717, 1.165) is 50.2 Å². The Labute approximate surface area is 319 Å². The van der Waals surface area contributed by atoms with Crippen LogP contribution < -0.4 is 10.1 Å². The fraction of sp³-hybridized carbons (Fsp3) is 0.364. The molecular weight excluding hydrogens is 700 g/mol. The molecule has 2 aliphatic carbocycles. The van der Waals surface area contributed by atoms with Gasteiger partial charge in [-0.2, -0.15) is 0 Å². The monoisotopic (exact) mass is 744 g/mol. The second kappa shape index (κ2) is 14.1. The summed E-state index contributed by atoms with van der Waals surface area (Å²) in [6, 6.07) is 24.8. The molecule has 6 atom stereocenters. The summed E-state index contributed by atoms with van der Waals surface area (Å²) in [6.45, 7) is 4.25. The summed E-state index contributed by atoms with van der Waals surface area (Å²) in [5.41, 5.74) is 10.5.